The third kappa shape index (κ3) is 1.99. The molecule has 0 fully saturated rings. The number of hydrogen-bond acceptors (Lipinski definition) is 4. The Morgan fingerprint density at radius 2 is 1.89 bits per heavy atom. The first-order chi connectivity index (χ1) is 8.30. The van der Waals surface area contributed by atoms with Crippen molar-refractivity contribution in [2.75, 3.05) is 5.73 Å². The highest BCUT2D eigenvalue weighted by atomic mass is 16.1. The molecule has 94 valence electrons. The molecule has 18 heavy (non-hydrogen) atoms. The van der Waals surface area contributed by atoms with Crippen LogP contribution in [-0.2, 0) is 5.41 Å². The van der Waals surface area contributed by atoms with Crippen molar-refractivity contribution in [2.24, 2.45) is 5.73 Å². The Morgan fingerprint density at radius 1 is 1.22 bits per heavy atom. The van der Waals surface area contributed by atoms with Gasteiger partial charge in [0.25, 0.3) is 5.91 Å². The van der Waals surface area contributed by atoms with E-state index in [2.05, 4.69) is 31.0 Å². The molecule has 5 heteroatoms. The number of fused-ring (bicyclic) bond motifs is 1. The summed E-state index contributed by atoms with van der Waals surface area (Å²) >= 11 is 0. The topological polar surface area (TPSA) is 94.9 Å². The van der Waals surface area contributed by atoms with Crippen LogP contribution < -0.4 is 11.5 Å². The lowest BCUT2D eigenvalue weighted by Crippen LogP contribution is -2.17. The van der Waals surface area contributed by atoms with Crippen LogP contribution in [0, 0.1) is 0 Å². The average molecular weight is 244 g/mol. The molecule has 0 radical (unpaired) electrons. The number of carbonyl (C=O) groups is 1. The molecule has 0 aliphatic heterocycles. The zero-order valence-corrected chi connectivity index (χ0v) is 10.7. The van der Waals surface area contributed by atoms with Crippen molar-refractivity contribution in [3.8, 4) is 0 Å². The number of hydrogen-bond donors (Lipinski definition) is 2. The highest BCUT2D eigenvalue weighted by Crippen LogP contribution is 2.28. The fraction of sp³-hybridized carbons (Fsp3) is 0.308. The SMILES string of the molecule is CC(C)(C)c1ccc2nnc(C(N)=O)c(N)c2c1. The van der Waals surface area contributed by atoms with Crippen LogP contribution in [0.5, 0.6) is 0 Å². The van der Waals surface area contributed by atoms with Crippen molar-refractivity contribution in [1.82, 2.24) is 10.2 Å². The summed E-state index contributed by atoms with van der Waals surface area (Å²) in [4.78, 5) is 11.2. The average Bonchev–Trinajstić information content (AvgIpc) is 2.27. The first kappa shape index (κ1) is 12.3. The van der Waals surface area contributed by atoms with Crippen LogP contribution in [0.2, 0.25) is 0 Å². The standard InChI is InChI=1S/C13H16N4O/c1-13(2,3)7-4-5-9-8(6-7)10(14)11(12(15)18)17-16-9/h4-6H,1-3H3,(H2,14,16)(H2,15,18). The third-order valence-corrected chi connectivity index (χ3v) is 2.90. The van der Waals surface area contributed by atoms with E-state index in [1.54, 1.807) is 0 Å². The van der Waals surface area contributed by atoms with Crippen LogP contribution in [0.3, 0.4) is 0 Å². The highest BCUT2D eigenvalue weighted by molar-refractivity contribution is 6.03. The smallest absolute Gasteiger partial charge is 0.271 e. The predicted molar refractivity (Wildman–Crippen MR) is 71.2 cm³/mol. The second-order valence-corrected chi connectivity index (χ2v) is 5.31. The fourth-order valence-corrected chi connectivity index (χ4v) is 1.77. The molecular formula is C13H16N4O. The van der Waals surface area contributed by atoms with Crippen molar-refractivity contribution in [1.29, 1.82) is 0 Å². The van der Waals surface area contributed by atoms with E-state index in [1.165, 1.54) is 0 Å². The van der Waals surface area contributed by atoms with Crippen LogP contribution in [0.1, 0.15) is 36.8 Å². The number of nitrogens with zero attached hydrogens (tertiary/aromatic N) is 2. The lowest BCUT2D eigenvalue weighted by Gasteiger charge is -2.19. The summed E-state index contributed by atoms with van der Waals surface area (Å²) in [5.74, 6) is -0.664. The number of aromatic nitrogens is 2. The van der Waals surface area contributed by atoms with Crippen LogP contribution >= 0.6 is 0 Å². The summed E-state index contributed by atoms with van der Waals surface area (Å²) in [6.45, 7) is 6.32. The van der Waals surface area contributed by atoms with Gasteiger partial charge in [-0.2, -0.15) is 0 Å². The minimum Gasteiger partial charge on any atom is -0.396 e. The number of amides is 1. The Bertz CT molecular complexity index is 629. The van der Waals surface area contributed by atoms with Gasteiger partial charge in [-0.1, -0.05) is 26.8 Å². The number of primary amides is 1. The number of carbonyl (C=O) groups excluding carboxylic acids is 1. The summed E-state index contributed by atoms with van der Waals surface area (Å²) in [5.41, 5.74) is 13.2. The van der Waals surface area contributed by atoms with Gasteiger partial charge in [0, 0.05) is 5.39 Å². The number of benzene rings is 1. The van der Waals surface area contributed by atoms with Gasteiger partial charge < -0.3 is 11.5 Å². The van der Waals surface area contributed by atoms with E-state index in [-0.39, 0.29) is 11.1 Å². The largest absolute Gasteiger partial charge is 0.396 e. The summed E-state index contributed by atoms with van der Waals surface area (Å²) in [6.07, 6.45) is 0. The lowest BCUT2D eigenvalue weighted by molar-refractivity contribution is 0.0996. The Labute approximate surface area is 105 Å². The van der Waals surface area contributed by atoms with Gasteiger partial charge in [-0.25, -0.2) is 0 Å². The van der Waals surface area contributed by atoms with E-state index in [0.717, 1.165) is 5.56 Å². The first-order valence-corrected chi connectivity index (χ1v) is 5.67. The maximum Gasteiger partial charge on any atom is 0.271 e. The number of rotatable bonds is 1. The Morgan fingerprint density at radius 3 is 2.44 bits per heavy atom. The van der Waals surface area contributed by atoms with E-state index in [1.807, 2.05) is 18.2 Å². The molecule has 2 aromatic rings. The van der Waals surface area contributed by atoms with Gasteiger partial charge in [0.15, 0.2) is 5.69 Å². The van der Waals surface area contributed by atoms with Gasteiger partial charge in [-0.3, -0.25) is 4.79 Å². The van der Waals surface area contributed by atoms with Gasteiger partial charge in [-0.05, 0) is 23.1 Å². The van der Waals surface area contributed by atoms with Crippen molar-refractivity contribution >= 4 is 22.5 Å². The summed E-state index contributed by atoms with van der Waals surface area (Å²) in [6, 6.07) is 5.77. The van der Waals surface area contributed by atoms with Gasteiger partial charge in [0.1, 0.15) is 0 Å². The quantitative estimate of drug-likeness (QED) is 0.796. The molecule has 0 saturated carbocycles. The van der Waals surface area contributed by atoms with Crippen molar-refractivity contribution in [2.45, 2.75) is 26.2 Å². The fourth-order valence-electron chi connectivity index (χ4n) is 1.77. The zero-order valence-electron chi connectivity index (χ0n) is 10.7. The molecule has 0 spiro atoms. The molecule has 0 unspecified atom stereocenters. The molecule has 1 heterocycles. The molecule has 1 aromatic heterocycles. The van der Waals surface area contributed by atoms with E-state index in [0.29, 0.717) is 16.6 Å². The molecule has 0 atom stereocenters. The molecule has 2 rings (SSSR count). The van der Waals surface area contributed by atoms with E-state index >= 15 is 0 Å². The second kappa shape index (κ2) is 3.94. The Kier molecular flexibility index (Phi) is 2.69. The minimum absolute atomic E-state index is 0.00319. The molecule has 0 aliphatic rings. The molecule has 0 aliphatic carbocycles. The lowest BCUT2D eigenvalue weighted by atomic mass is 9.86. The summed E-state index contributed by atoms with van der Waals surface area (Å²) in [7, 11) is 0. The van der Waals surface area contributed by atoms with Gasteiger partial charge >= 0.3 is 0 Å². The number of nitrogens with two attached hydrogens (primary N) is 2. The number of nitrogen functional groups attached to an aromatic ring is 1. The first-order valence-electron chi connectivity index (χ1n) is 5.67. The maximum absolute atomic E-state index is 11.2. The molecule has 1 aromatic carbocycles. The Balaban J connectivity index is 2.75. The van der Waals surface area contributed by atoms with Crippen LogP contribution in [0.25, 0.3) is 10.9 Å². The Hall–Kier alpha value is -2.17. The highest BCUT2D eigenvalue weighted by Gasteiger charge is 2.17. The van der Waals surface area contributed by atoms with E-state index in [4.69, 9.17) is 11.5 Å². The molecule has 0 bridgehead atoms. The maximum atomic E-state index is 11.2. The normalized spacial score (nSPS) is 11.7. The molecular weight excluding hydrogens is 228 g/mol. The monoisotopic (exact) mass is 244 g/mol. The van der Waals surface area contributed by atoms with E-state index < -0.39 is 5.91 Å². The van der Waals surface area contributed by atoms with Crippen molar-refractivity contribution in [3.63, 3.8) is 0 Å². The second-order valence-electron chi connectivity index (χ2n) is 5.31. The third-order valence-electron chi connectivity index (χ3n) is 2.90. The van der Waals surface area contributed by atoms with Gasteiger partial charge in [0.05, 0.1) is 11.2 Å². The molecule has 4 N–H and O–H groups in total. The molecule has 5 nitrogen and oxygen atoms in total. The van der Waals surface area contributed by atoms with Crippen LogP contribution in [0.4, 0.5) is 5.69 Å². The van der Waals surface area contributed by atoms with Crippen LogP contribution in [-0.4, -0.2) is 16.1 Å². The summed E-state index contributed by atoms with van der Waals surface area (Å²) < 4.78 is 0. The van der Waals surface area contributed by atoms with Gasteiger partial charge in [-0.15, -0.1) is 10.2 Å². The van der Waals surface area contributed by atoms with E-state index in [9.17, 15) is 4.79 Å². The van der Waals surface area contributed by atoms with Crippen molar-refractivity contribution < 1.29 is 4.79 Å². The zero-order chi connectivity index (χ0) is 13.5. The number of anilines is 1. The molecule has 1 amide bonds. The summed E-state index contributed by atoms with van der Waals surface area (Å²) in [5, 5.41) is 8.42. The molecule has 0 saturated heterocycles. The van der Waals surface area contributed by atoms with Crippen molar-refractivity contribution in [3.05, 3.63) is 29.5 Å². The minimum atomic E-state index is -0.664. The van der Waals surface area contributed by atoms with Gasteiger partial charge in [0.2, 0.25) is 0 Å². The van der Waals surface area contributed by atoms with Crippen LogP contribution in [0.15, 0.2) is 18.2 Å². The predicted octanol–water partition coefficient (Wildman–Crippen LogP) is 1.61.